The molecule has 1 aliphatic heterocycles. The highest BCUT2D eigenvalue weighted by Crippen LogP contribution is 2.58. The molecular formula is C21H24ClN3O3. The van der Waals surface area contributed by atoms with E-state index in [2.05, 4.69) is 10.6 Å². The molecule has 0 radical (unpaired) electrons. The first-order valence-corrected chi connectivity index (χ1v) is 9.25. The molecular weight excluding hydrogens is 378 g/mol. The second-order valence-electron chi connectivity index (χ2n) is 7.38. The Morgan fingerprint density at radius 1 is 1.07 bits per heavy atom. The number of carbonyl (C=O) groups excluding carboxylic acids is 2. The summed E-state index contributed by atoms with van der Waals surface area (Å²) in [6.45, 7) is 2.01. The quantitative estimate of drug-likeness (QED) is 0.716. The van der Waals surface area contributed by atoms with Gasteiger partial charge < -0.3 is 21.1 Å². The van der Waals surface area contributed by atoms with Gasteiger partial charge in [0.2, 0.25) is 11.8 Å². The molecule has 1 spiro atoms. The van der Waals surface area contributed by atoms with Crippen molar-refractivity contribution in [1.29, 1.82) is 0 Å². The van der Waals surface area contributed by atoms with Gasteiger partial charge in [-0.2, -0.15) is 0 Å². The maximum Gasteiger partial charge on any atom is 0.248 e. The number of halogens is 1. The van der Waals surface area contributed by atoms with E-state index in [0.717, 1.165) is 38.0 Å². The van der Waals surface area contributed by atoms with Gasteiger partial charge in [0, 0.05) is 17.2 Å². The van der Waals surface area contributed by atoms with Crippen LogP contribution in [0.25, 0.3) is 0 Å². The second kappa shape index (κ2) is 8.20. The summed E-state index contributed by atoms with van der Waals surface area (Å²) in [4.78, 5) is 23.8. The molecule has 7 heteroatoms. The van der Waals surface area contributed by atoms with E-state index in [1.165, 1.54) is 0 Å². The topological polar surface area (TPSA) is 93.5 Å². The number of ether oxygens (including phenoxy) is 1. The van der Waals surface area contributed by atoms with Gasteiger partial charge in [-0.1, -0.05) is 6.07 Å². The first-order valence-electron chi connectivity index (χ1n) is 9.25. The average molecular weight is 402 g/mol. The molecule has 1 heterocycles. The number of anilines is 1. The summed E-state index contributed by atoms with van der Waals surface area (Å²) >= 11 is 0. The number of nitrogens with one attached hydrogen (secondary N) is 2. The van der Waals surface area contributed by atoms with Crippen LogP contribution in [-0.2, 0) is 4.79 Å². The summed E-state index contributed by atoms with van der Waals surface area (Å²) < 4.78 is 5.75. The van der Waals surface area contributed by atoms with E-state index in [1.807, 2.05) is 12.1 Å². The van der Waals surface area contributed by atoms with Gasteiger partial charge in [-0.3, -0.25) is 9.59 Å². The van der Waals surface area contributed by atoms with Crippen LogP contribution in [0.3, 0.4) is 0 Å². The Morgan fingerprint density at radius 2 is 1.79 bits per heavy atom. The third kappa shape index (κ3) is 4.29. The van der Waals surface area contributed by atoms with Gasteiger partial charge in [-0.05, 0) is 80.2 Å². The molecule has 4 rings (SSSR count). The molecule has 4 N–H and O–H groups in total. The Labute approximate surface area is 170 Å². The minimum absolute atomic E-state index is 0. The molecule has 28 heavy (non-hydrogen) atoms. The van der Waals surface area contributed by atoms with Crippen molar-refractivity contribution >= 4 is 29.9 Å². The molecule has 2 amide bonds. The fourth-order valence-electron chi connectivity index (χ4n) is 3.88. The van der Waals surface area contributed by atoms with E-state index >= 15 is 0 Å². The maximum atomic E-state index is 12.5. The molecule has 1 atom stereocenters. The van der Waals surface area contributed by atoms with Gasteiger partial charge in [0.25, 0.3) is 0 Å². The Kier molecular flexibility index (Phi) is 5.91. The van der Waals surface area contributed by atoms with E-state index in [4.69, 9.17) is 10.5 Å². The average Bonchev–Trinajstić information content (AvgIpc) is 3.37. The highest BCUT2D eigenvalue weighted by Gasteiger charge is 2.57. The second-order valence-corrected chi connectivity index (χ2v) is 7.38. The van der Waals surface area contributed by atoms with E-state index in [0.29, 0.717) is 17.1 Å². The van der Waals surface area contributed by atoms with Crippen LogP contribution in [0.5, 0.6) is 11.5 Å². The molecule has 0 aromatic heterocycles. The monoisotopic (exact) mass is 401 g/mol. The first kappa shape index (κ1) is 20.2. The summed E-state index contributed by atoms with van der Waals surface area (Å²) in [7, 11) is 0. The molecule has 1 aliphatic carbocycles. The Hall–Kier alpha value is -2.57. The molecule has 2 aromatic carbocycles. The van der Waals surface area contributed by atoms with Gasteiger partial charge in [-0.15, -0.1) is 12.4 Å². The van der Waals surface area contributed by atoms with Crippen molar-refractivity contribution in [3.8, 4) is 11.5 Å². The SMILES string of the molecule is Cl.NC(=O)c1cccc(Oc2ccc(NC(=O)C3CC34CCNCC4)cc2)c1. The summed E-state index contributed by atoms with van der Waals surface area (Å²) in [6.07, 6.45) is 3.17. The number of amides is 2. The fourth-order valence-corrected chi connectivity index (χ4v) is 3.88. The minimum atomic E-state index is -0.495. The summed E-state index contributed by atoms with van der Waals surface area (Å²) in [5.74, 6) is 0.904. The van der Waals surface area contributed by atoms with Crippen LogP contribution in [0.4, 0.5) is 5.69 Å². The van der Waals surface area contributed by atoms with Crippen molar-refractivity contribution in [3.63, 3.8) is 0 Å². The van der Waals surface area contributed by atoms with Crippen molar-refractivity contribution in [3.05, 3.63) is 54.1 Å². The molecule has 2 aliphatic rings. The lowest BCUT2D eigenvalue weighted by molar-refractivity contribution is -0.118. The smallest absolute Gasteiger partial charge is 0.248 e. The number of primary amides is 1. The number of carbonyl (C=O) groups is 2. The van der Waals surface area contributed by atoms with Crippen LogP contribution in [0, 0.1) is 11.3 Å². The lowest BCUT2D eigenvalue weighted by Gasteiger charge is -2.23. The number of hydrogen-bond acceptors (Lipinski definition) is 4. The molecule has 1 unspecified atom stereocenters. The zero-order chi connectivity index (χ0) is 18.9. The number of benzene rings is 2. The predicted molar refractivity (Wildman–Crippen MR) is 110 cm³/mol. The zero-order valence-electron chi connectivity index (χ0n) is 15.4. The van der Waals surface area contributed by atoms with Crippen molar-refractivity contribution < 1.29 is 14.3 Å². The predicted octanol–water partition coefficient (Wildman–Crippen LogP) is 3.33. The number of rotatable bonds is 5. The molecule has 148 valence electrons. The highest BCUT2D eigenvalue weighted by molar-refractivity contribution is 5.95. The minimum Gasteiger partial charge on any atom is -0.457 e. The third-order valence-electron chi connectivity index (χ3n) is 5.58. The van der Waals surface area contributed by atoms with Crippen LogP contribution < -0.4 is 21.1 Å². The number of hydrogen-bond donors (Lipinski definition) is 3. The van der Waals surface area contributed by atoms with Crippen molar-refractivity contribution in [2.75, 3.05) is 18.4 Å². The summed E-state index contributed by atoms with van der Waals surface area (Å²) in [5.41, 5.74) is 6.67. The number of nitrogens with two attached hydrogens (primary N) is 1. The van der Waals surface area contributed by atoms with Crippen LogP contribution >= 0.6 is 12.4 Å². The molecule has 6 nitrogen and oxygen atoms in total. The summed E-state index contributed by atoms with van der Waals surface area (Å²) in [5, 5.41) is 6.37. The van der Waals surface area contributed by atoms with Gasteiger partial charge in [0.1, 0.15) is 11.5 Å². The van der Waals surface area contributed by atoms with Crippen LogP contribution in [0.15, 0.2) is 48.5 Å². The molecule has 2 fully saturated rings. The van der Waals surface area contributed by atoms with Crippen molar-refractivity contribution in [1.82, 2.24) is 5.32 Å². The zero-order valence-corrected chi connectivity index (χ0v) is 16.3. The fraction of sp³-hybridized carbons (Fsp3) is 0.333. The van der Waals surface area contributed by atoms with E-state index < -0.39 is 5.91 Å². The normalized spacial score (nSPS) is 19.4. The van der Waals surface area contributed by atoms with E-state index in [9.17, 15) is 9.59 Å². The first-order chi connectivity index (χ1) is 13.1. The highest BCUT2D eigenvalue weighted by atomic mass is 35.5. The van der Waals surface area contributed by atoms with Crippen LogP contribution in [0.1, 0.15) is 29.6 Å². The van der Waals surface area contributed by atoms with E-state index in [-0.39, 0.29) is 29.6 Å². The standard InChI is InChI=1S/C21H23N3O3.ClH/c22-19(25)14-2-1-3-17(12-14)27-16-6-4-15(5-7-16)24-20(26)18-13-21(18)8-10-23-11-9-21;/h1-7,12,18,23H,8-11,13H2,(H2,22,25)(H,24,26);1H. The molecule has 1 saturated heterocycles. The Balaban J connectivity index is 0.00000225. The van der Waals surface area contributed by atoms with Crippen molar-refractivity contribution in [2.24, 2.45) is 17.1 Å². The summed E-state index contributed by atoms with van der Waals surface area (Å²) in [6, 6.07) is 13.9. The van der Waals surface area contributed by atoms with Crippen LogP contribution in [-0.4, -0.2) is 24.9 Å². The molecule has 1 saturated carbocycles. The largest absolute Gasteiger partial charge is 0.457 e. The van der Waals surface area contributed by atoms with Gasteiger partial charge >= 0.3 is 0 Å². The molecule has 0 bridgehead atoms. The van der Waals surface area contributed by atoms with Gasteiger partial charge in [0.05, 0.1) is 0 Å². The van der Waals surface area contributed by atoms with E-state index in [1.54, 1.807) is 36.4 Å². The molecule has 2 aromatic rings. The Morgan fingerprint density at radius 3 is 2.46 bits per heavy atom. The lowest BCUT2D eigenvalue weighted by atomic mass is 9.92. The lowest BCUT2D eigenvalue weighted by Crippen LogP contribution is -2.31. The van der Waals surface area contributed by atoms with Crippen molar-refractivity contribution in [2.45, 2.75) is 19.3 Å². The Bertz CT molecular complexity index is 863. The van der Waals surface area contributed by atoms with Crippen LogP contribution in [0.2, 0.25) is 0 Å². The number of piperidine rings is 1. The third-order valence-corrected chi connectivity index (χ3v) is 5.58. The van der Waals surface area contributed by atoms with Gasteiger partial charge in [0.15, 0.2) is 0 Å². The maximum absolute atomic E-state index is 12.5. The van der Waals surface area contributed by atoms with Gasteiger partial charge in [-0.25, -0.2) is 0 Å².